The number of nitrogens with zero attached hydrogens (tertiary/aromatic N) is 1. The number of rotatable bonds is 4. The van der Waals surface area contributed by atoms with Crippen LogP contribution in [0, 0.1) is 11.3 Å². The van der Waals surface area contributed by atoms with Crippen LogP contribution in [0.5, 0.6) is 0 Å². The third-order valence-electron chi connectivity index (χ3n) is 4.22. The van der Waals surface area contributed by atoms with Crippen molar-refractivity contribution >= 4 is 23.5 Å². The zero-order valence-electron chi connectivity index (χ0n) is 11.9. The highest BCUT2D eigenvalue weighted by molar-refractivity contribution is 6.29. The van der Waals surface area contributed by atoms with Gasteiger partial charge in [-0.2, -0.15) is 0 Å². The van der Waals surface area contributed by atoms with Crippen LogP contribution in [0.2, 0.25) is 5.15 Å². The Labute approximate surface area is 128 Å². The first-order chi connectivity index (χ1) is 9.93. The second-order valence-corrected chi connectivity index (χ2v) is 6.18. The van der Waals surface area contributed by atoms with Gasteiger partial charge in [-0.05, 0) is 43.7 Å². The number of aliphatic carboxylic acids is 1. The number of hydrogen-bond donors (Lipinski definition) is 2. The molecule has 21 heavy (non-hydrogen) atoms. The first-order valence-corrected chi connectivity index (χ1v) is 7.45. The number of nitrogens with one attached hydrogen (secondary N) is 1. The SMILES string of the molecule is CC1CCC(CNC(=O)c2cccc(Cl)n2)(C(=O)O)CC1. The molecule has 0 spiro atoms. The molecule has 1 aromatic rings. The van der Waals surface area contributed by atoms with Gasteiger partial charge in [-0.3, -0.25) is 9.59 Å². The Kier molecular flexibility index (Phi) is 4.83. The minimum atomic E-state index is -0.860. The monoisotopic (exact) mass is 310 g/mol. The van der Waals surface area contributed by atoms with Crippen molar-refractivity contribution in [2.45, 2.75) is 32.6 Å². The van der Waals surface area contributed by atoms with Gasteiger partial charge in [0.05, 0.1) is 5.41 Å². The number of amides is 1. The maximum atomic E-state index is 12.0. The van der Waals surface area contributed by atoms with Crippen LogP contribution < -0.4 is 5.32 Å². The maximum Gasteiger partial charge on any atom is 0.311 e. The van der Waals surface area contributed by atoms with Gasteiger partial charge in [-0.15, -0.1) is 0 Å². The third-order valence-corrected chi connectivity index (χ3v) is 4.43. The number of halogens is 1. The number of pyridine rings is 1. The summed E-state index contributed by atoms with van der Waals surface area (Å²) in [7, 11) is 0. The summed E-state index contributed by atoms with van der Waals surface area (Å²) in [5, 5.41) is 12.4. The van der Waals surface area contributed by atoms with E-state index in [0.717, 1.165) is 12.8 Å². The highest BCUT2D eigenvalue weighted by atomic mass is 35.5. The summed E-state index contributed by atoms with van der Waals surface area (Å²) in [6, 6.07) is 4.77. The first kappa shape index (κ1) is 15.8. The van der Waals surface area contributed by atoms with Crippen LogP contribution in [0.15, 0.2) is 18.2 Å². The minimum Gasteiger partial charge on any atom is -0.481 e. The van der Waals surface area contributed by atoms with Gasteiger partial charge in [0.15, 0.2) is 0 Å². The third kappa shape index (κ3) is 3.73. The molecule has 2 rings (SSSR count). The lowest BCUT2D eigenvalue weighted by Gasteiger charge is -2.35. The smallest absolute Gasteiger partial charge is 0.311 e. The van der Waals surface area contributed by atoms with E-state index in [0.29, 0.717) is 18.8 Å². The molecule has 0 aliphatic heterocycles. The first-order valence-electron chi connectivity index (χ1n) is 7.07. The van der Waals surface area contributed by atoms with Crippen LogP contribution in [0.3, 0.4) is 0 Å². The van der Waals surface area contributed by atoms with Gasteiger partial charge in [0.2, 0.25) is 0 Å². The van der Waals surface area contributed by atoms with E-state index in [1.54, 1.807) is 18.2 Å². The molecule has 5 nitrogen and oxygen atoms in total. The van der Waals surface area contributed by atoms with Crippen molar-refractivity contribution in [1.82, 2.24) is 10.3 Å². The number of carbonyl (C=O) groups is 2. The summed E-state index contributed by atoms with van der Waals surface area (Å²) >= 11 is 5.75. The van der Waals surface area contributed by atoms with E-state index in [1.807, 2.05) is 0 Å². The highest BCUT2D eigenvalue weighted by Crippen LogP contribution is 2.38. The molecular formula is C15H19ClN2O3. The van der Waals surface area contributed by atoms with Gasteiger partial charge in [0.1, 0.15) is 10.8 Å². The van der Waals surface area contributed by atoms with Crippen LogP contribution in [-0.4, -0.2) is 28.5 Å². The lowest BCUT2D eigenvalue weighted by atomic mass is 9.71. The quantitative estimate of drug-likeness (QED) is 0.838. The van der Waals surface area contributed by atoms with Gasteiger partial charge in [0.25, 0.3) is 5.91 Å². The molecular weight excluding hydrogens is 292 g/mol. The van der Waals surface area contributed by atoms with Crippen molar-refractivity contribution in [1.29, 1.82) is 0 Å². The lowest BCUT2D eigenvalue weighted by Crippen LogP contribution is -2.45. The second-order valence-electron chi connectivity index (χ2n) is 5.80. The van der Waals surface area contributed by atoms with Crippen LogP contribution in [0.4, 0.5) is 0 Å². The molecule has 0 bridgehead atoms. The molecule has 0 unspecified atom stereocenters. The zero-order chi connectivity index (χ0) is 15.5. The van der Waals surface area contributed by atoms with E-state index < -0.39 is 17.3 Å². The lowest BCUT2D eigenvalue weighted by molar-refractivity contribution is -0.151. The number of hydrogen-bond acceptors (Lipinski definition) is 3. The van der Waals surface area contributed by atoms with Crippen LogP contribution in [0.1, 0.15) is 43.1 Å². The molecule has 1 aliphatic rings. The summed E-state index contributed by atoms with van der Waals surface area (Å²) in [6.45, 7) is 2.25. The van der Waals surface area contributed by atoms with E-state index in [-0.39, 0.29) is 17.4 Å². The predicted octanol–water partition coefficient (Wildman–Crippen LogP) is 2.75. The molecule has 1 amide bonds. The van der Waals surface area contributed by atoms with Gasteiger partial charge in [-0.1, -0.05) is 24.6 Å². The van der Waals surface area contributed by atoms with Crippen molar-refractivity contribution < 1.29 is 14.7 Å². The number of carbonyl (C=O) groups excluding carboxylic acids is 1. The average molecular weight is 311 g/mol. The van der Waals surface area contributed by atoms with Crippen molar-refractivity contribution in [2.75, 3.05) is 6.54 Å². The van der Waals surface area contributed by atoms with E-state index in [1.165, 1.54) is 0 Å². The fraction of sp³-hybridized carbons (Fsp3) is 0.533. The van der Waals surface area contributed by atoms with Crippen molar-refractivity contribution in [3.05, 3.63) is 29.0 Å². The Morgan fingerprint density at radius 2 is 2.10 bits per heavy atom. The van der Waals surface area contributed by atoms with Crippen molar-refractivity contribution in [3.63, 3.8) is 0 Å². The Balaban J connectivity index is 2.02. The fourth-order valence-corrected chi connectivity index (χ4v) is 2.82. The molecule has 0 radical (unpaired) electrons. The van der Waals surface area contributed by atoms with Crippen LogP contribution >= 0.6 is 11.6 Å². The number of carboxylic acid groups (broad SMARTS) is 1. The minimum absolute atomic E-state index is 0.127. The molecule has 2 N–H and O–H groups in total. The molecule has 1 fully saturated rings. The summed E-state index contributed by atoms with van der Waals surface area (Å²) in [4.78, 5) is 27.6. The molecule has 114 valence electrons. The molecule has 1 saturated carbocycles. The zero-order valence-corrected chi connectivity index (χ0v) is 12.7. The van der Waals surface area contributed by atoms with E-state index in [4.69, 9.17) is 11.6 Å². The number of aromatic nitrogens is 1. The summed E-state index contributed by atoms with van der Waals surface area (Å²) < 4.78 is 0. The molecule has 1 aromatic heterocycles. The van der Waals surface area contributed by atoms with E-state index in [9.17, 15) is 14.7 Å². The van der Waals surface area contributed by atoms with Gasteiger partial charge in [0, 0.05) is 6.54 Å². The highest BCUT2D eigenvalue weighted by Gasteiger charge is 2.41. The normalized spacial score (nSPS) is 25.3. The maximum absolute atomic E-state index is 12.0. The Hall–Kier alpha value is -1.62. The van der Waals surface area contributed by atoms with Crippen molar-refractivity contribution in [2.24, 2.45) is 11.3 Å². The molecule has 1 heterocycles. The summed E-state index contributed by atoms with van der Waals surface area (Å²) in [5.41, 5.74) is -0.659. The molecule has 0 saturated heterocycles. The van der Waals surface area contributed by atoms with Crippen molar-refractivity contribution in [3.8, 4) is 0 Å². The average Bonchev–Trinajstić information content (AvgIpc) is 2.46. The van der Waals surface area contributed by atoms with Gasteiger partial charge in [-0.25, -0.2) is 4.98 Å². The topological polar surface area (TPSA) is 79.3 Å². The summed E-state index contributed by atoms with van der Waals surface area (Å²) in [6.07, 6.45) is 2.93. The van der Waals surface area contributed by atoms with Crippen LogP contribution in [-0.2, 0) is 4.79 Å². The van der Waals surface area contributed by atoms with Crippen LogP contribution in [0.25, 0.3) is 0 Å². The predicted molar refractivity (Wildman–Crippen MR) is 79.3 cm³/mol. The van der Waals surface area contributed by atoms with E-state index in [2.05, 4.69) is 17.2 Å². The van der Waals surface area contributed by atoms with Gasteiger partial charge < -0.3 is 10.4 Å². The molecule has 6 heteroatoms. The number of carboxylic acids is 1. The standard InChI is InChI=1S/C15H19ClN2O3/c1-10-5-7-15(8-6-10,14(20)21)9-17-13(19)11-3-2-4-12(16)18-11/h2-4,10H,5-9H2,1H3,(H,17,19)(H,20,21). The Morgan fingerprint density at radius 1 is 1.43 bits per heavy atom. The Morgan fingerprint density at radius 3 is 2.67 bits per heavy atom. The largest absolute Gasteiger partial charge is 0.481 e. The van der Waals surface area contributed by atoms with E-state index >= 15 is 0 Å². The Bertz CT molecular complexity index is 539. The molecule has 1 aliphatic carbocycles. The summed E-state index contributed by atoms with van der Waals surface area (Å²) in [5.74, 6) is -0.687. The van der Waals surface area contributed by atoms with Gasteiger partial charge >= 0.3 is 5.97 Å². The molecule has 0 atom stereocenters. The fourth-order valence-electron chi connectivity index (χ4n) is 2.66. The molecule has 0 aromatic carbocycles. The second kappa shape index (κ2) is 6.43.